The summed E-state index contributed by atoms with van der Waals surface area (Å²) in [6.07, 6.45) is 1.53. The van der Waals surface area contributed by atoms with Crippen molar-refractivity contribution in [2.24, 2.45) is 5.92 Å². The Labute approximate surface area is 110 Å². The molecule has 1 aromatic rings. The third-order valence-corrected chi connectivity index (χ3v) is 3.07. The van der Waals surface area contributed by atoms with Crippen LogP contribution in [0.15, 0.2) is 42.5 Å². The molecule has 0 bridgehead atoms. The molecule has 2 nitrogen and oxygen atoms in total. The van der Waals surface area contributed by atoms with Crippen LogP contribution in [0.5, 0.6) is 0 Å². The van der Waals surface area contributed by atoms with E-state index in [4.69, 9.17) is 4.74 Å². The molecule has 98 valence electrons. The van der Waals surface area contributed by atoms with E-state index in [0.717, 1.165) is 18.4 Å². The van der Waals surface area contributed by atoms with Crippen LogP contribution in [0.2, 0.25) is 0 Å². The maximum Gasteiger partial charge on any atom is 0.303 e. The first kappa shape index (κ1) is 14.5. The lowest BCUT2D eigenvalue weighted by molar-refractivity contribution is -0.146. The molecule has 1 rings (SSSR count). The van der Waals surface area contributed by atoms with Crippen LogP contribution in [0, 0.1) is 5.92 Å². The maximum absolute atomic E-state index is 11.2. The van der Waals surface area contributed by atoms with Crippen molar-refractivity contribution in [3.63, 3.8) is 0 Å². The number of rotatable bonds is 6. The van der Waals surface area contributed by atoms with Gasteiger partial charge < -0.3 is 4.74 Å². The second-order valence-electron chi connectivity index (χ2n) is 4.71. The average molecular weight is 246 g/mol. The molecule has 0 saturated carbocycles. The van der Waals surface area contributed by atoms with E-state index in [1.807, 2.05) is 25.1 Å². The Morgan fingerprint density at radius 3 is 2.44 bits per heavy atom. The average Bonchev–Trinajstić information content (AvgIpc) is 2.36. The molecule has 1 aromatic carbocycles. The summed E-state index contributed by atoms with van der Waals surface area (Å²) >= 11 is 0. The van der Waals surface area contributed by atoms with Gasteiger partial charge in [0.2, 0.25) is 0 Å². The van der Waals surface area contributed by atoms with E-state index in [1.165, 1.54) is 12.5 Å². The smallest absolute Gasteiger partial charge is 0.303 e. The van der Waals surface area contributed by atoms with Crippen LogP contribution in [0.3, 0.4) is 0 Å². The molecule has 0 amide bonds. The normalized spacial score (nSPS) is 13.7. The predicted molar refractivity (Wildman–Crippen MR) is 74.3 cm³/mol. The monoisotopic (exact) mass is 246 g/mol. The van der Waals surface area contributed by atoms with Gasteiger partial charge in [0.25, 0.3) is 0 Å². The Morgan fingerprint density at radius 2 is 1.94 bits per heavy atom. The van der Waals surface area contributed by atoms with Crippen molar-refractivity contribution < 1.29 is 9.53 Å². The van der Waals surface area contributed by atoms with Gasteiger partial charge >= 0.3 is 5.97 Å². The summed E-state index contributed by atoms with van der Waals surface area (Å²) in [5, 5.41) is 0. The van der Waals surface area contributed by atoms with E-state index < -0.39 is 0 Å². The minimum atomic E-state index is -0.241. The molecule has 0 saturated heterocycles. The standard InChI is InChI=1S/C16H22O2/c1-5-12(2)16(18-14(4)17)13(3)11-15-9-7-6-8-10-15/h6-10,13,16H,2,5,11H2,1,3-4H3. The highest BCUT2D eigenvalue weighted by atomic mass is 16.5. The Bertz CT molecular complexity index is 395. The quantitative estimate of drug-likeness (QED) is 0.564. The topological polar surface area (TPSA) is 26.3 Å². The number of carbonyl (C=O) groups excluding carboxylic acids is 1. The van der Waals surface area contributed by atoms with Crippen LogP contribution in [-0.4, -0.2) is 12.1 Å². The van der Waals surface area contributed by atoms with Gasteiger partial charge in [-0.15, -0.1) is 0 Å². The van der Waals surface area contributed by atoms with Crippen molar-refractivity contribution in [1.82, 2.24) is 0 Å². The summed E-state index contributed by atoms with van der Waals surface area (Å²) in [6, 6.07) is 10.2. The summed E-state index contributed by atoms with van der Waals surface area (Å²) in [7, 11) is 0. The molecule has 0 radical (unpaired) electrons. The van der Waals surface area contributed by atoms with E-state index in [0.29, 0.717) is 0 Å². The van der Waals surface area contributed by atoms with Gasteiger partial charge in [-0.25, -0.2) is 0 Å². The van der Waals surface area contributed by atoms with Crippen LogP contribution < -0.4 is 0 Å². The zero-order chi connectivity index (χ0) is 13.5. The van der Waals surface area contributed by atoms with E-state index in [1.54, 1.807) is 0 Å². The van der Waals surface area contributed by atoms with Crippen molar-refractivity contribution in [1.29, 1.82) is 0 Å². The second kappa shape index (κ2) is 7.00. The van der Waals surface area contributed by atoms with Crippen molar-refractivity contribution in [3.8, 4) is 0 Å². The summed E-state index contributed by atoms with van der Waals surface area (Å²) < 4.78 is 5.40. The van der Waals surface area contributed by atoms with E-state index in [2.05, 4.69) is 25.6 Å². The Balaban J connectivity index is 2.73. The first-order valence-electron chi connectivity index (χ1n) is 6.43. The van der Waals surface area contributed by atoms with Crippen LogP contribution in [0.1, 0.15) is 32.8 Å². The van der Waals surface area contributed by atoms with Gasteiger partial charge in [0.05, 0.1) is 0 Å². The summed E-state index contributed by atoms with van der Waals surface area (Å²) in [6.45, 7) is 9.60. The molecule has 0 aliphatic heterocycles. The van der Waals surface area contributed by atoms with Crippen LogP contribution in [0.25, 0.3) is 0 Å². The Hall–Kier alpha value is -1.57. The highest BCUT2D eigenvalue weighted by molar-refractivity contribution is 5.66. The van der Waals surface area contributed by atoms with Crippen LogP contribution in [0.4, 0.5) is 0 Å². The fraction of sp³-hybridized carbons (Fsp3) is 0.438. The van der Waals surface area contributed by atoms with Crippen molar-refractivity contribution in [2.75, 3.05) is 0 Å². The number of benzene rings is 1. The number of hydrogen-bond donors (Lipinski definition) is 0. The molecule has 0 spiro atoms. The van der Waals surface area contributed by atoms with Crippen molar-refractivity contribution in [3.05, 3.63) is 48.0 Å². The third kappa shape index (κ3) is 4.36. The predicted octanol–water partition coefficient (Wildman–Crippen LogP) is 3.76. The molecule has 0 fully saturated rings. The number of ether oxygens (including phenoxy) is 1. The first-order chi connectivity index (χ1) is 8.54. The minimum Gasteiger partial charge on any atom is -0.458 e. The van der Waals surface area contributed by atoms with Gasteiger partial charge in [0, 0.05) is 12.8 Å². The van der Waals surface area contributed by atoms with E-state index >= 15 is 0 Å². The SMILES string of the molecule is C=C(CC)C(OC(C)=O)C(C)Cc1ccccc1. The van der Waals surface area contributed by atoms with Crippen molar-refractivity contribution >= 4 is 5.97 Å². The molecule has 0 heterocycles. The molecule has 0 N–H and O–H groups in total. The first-order valence-corrected chi connectivity index (χ1v) is 6.43. The van der Waals surface area contributed by atoms with Gasteiger partial charge in [0.1, 0.15) is 6.10 Å². The summed E-state index contributed by atoms with van der Waals surface area (Å²) in [5.74, 6) is -0.00161. The zero-order valence-corrected chi connectivity index (χ0v) is 11.5. The lowest BCUT2D eigenvalue weighted by Crippen LogP contribution is -2.27. The van der Waals surface area contributed by atoms with E-state index in [-0.39, 0.29) is 18.0 Å². The fourth-order valence-corrected chi connectivity index (χ4v) is 2.07. The molecule has 0 aromatic heterocycles. The molecule has 0 aliphatic rings. The van der Waals surface area contributed by atoms with Crippen LogP contribution >= 0.6 is 0 Å². The number of hydrogen-bond acceptors (Lipinski definition) is 2. The lowest BCUT2D eigenvalue weighted by atomic mass is 9.90. The van der Waals surface area contributed by atoms with E-state index in [9.17, 15) is 4.79 Å². The van der Waals surface area contributed by atoms with Gasteiger partial charge in [-0.3, -0.25) is 4.79 Å². The molecule has 2 unspecified atom stereocenters. The molecule has 18 heavy (non-hydrogen) atoms. The minimum absolute atomic E-state index is 0.187. The highest BCUT2D eigenvalue weighted by Gasteiger charge is 2.22. The maximum atomic E-state index is 11.2. The van der Waals surface area contributed by atoms with Gasteiger partial charge in [-0.05, 0) is 24.0 Å². The molecule has 0 aliphatic carbocycles. The highest BCUT2D eigenvalue weighted by Crippen LogP contribution is 2.22. The summed E-state index contributed by atoms with van der Waals surface area (Å²) in [4.78, 5) is 11.2. The number of carbonyl (C=O) groups is 1. The Kier molecular flexibility index (Phi) is 5.63. The second-order valence-corrected chi connectivity index (χ2v) is 4.71. The zero-order valence-electron chi connectivity index (χ0n) is 11.5. The molecular formula is C16H22O2. The lowest BCUT2D eigenvalue weighted by Gasteiger charge is -2.25. The summed E-state index contributed by atoms with van der Waals surface area (Å²) in [5.41, 5.74) is 2.24. The molecule has 2 atom stereocenters. The molecular weight excluding hydrogens is 224 g/mol. The van der Waals surface area contributed by atoms with Gasteiger partial charge in [-0.1, -0.05) is 50.8 Å². The largest absolute Gasteiger partial charge is 0.458 e. The van der Waals surface area contributed by atoms with Crippen molar-refractivity contribution in [2.45, 2.75) is 39.7 Å². The van der Waals surface area contributed by atoms with Gasteiger partial charge in [0.15, 0.2) is 0 Å². The van der Waals surface area contributed by atoms with Crippen LogP contribution in [-0.2, 0) is 16.0 Å². The molecule has 2 heteroatoms. The number of esters is 1. The third-order valence-electron chi connectivity index (χ3n) is 3.07. The Morgan fingerprint density at radius 1 is 1.33 bits per heavy atom. The van der Waals surface area contributed by atoms with Gasteiger partial charge in [-0.2, -0.15) is 0 Å². The fourth-order valence-electron chi connectivity index (χ4n) is 2.07.